The molecule has 3 aromatic rings. The van der Waals surface area contributed by atoms with Gasteiger partial charge in [-0.05, 0) is 48.4 Å². The lowest BCUT2D eigenvalue weighted by molar-refractivity contribution is -0.384. The van der Waals surface area contributed by atoms with E-state index in [1.165, 1.54) is 34.4 Å². The van der Waals surface area contributed by atoms with Crippen molar-refractivity contribution in [3.8, 4) is 11.3 Å². The second kappa shape index (κ2) is 8.25. The maximum atomic E-state index is 12.9. The first kappa shape index (κ1) is 20.1. The number of benzene rings is 2. The first-order valence-corrected chi connectivity index (χ1v) is 10.4. The number of aryl methyl sites for hydroxylation is 1. The quantitative estimate of drug-likeness (QED) is 0.217. The van der Waals surface area contributed by atoms with Crippen LogP contribution in [0.3, 0.4) is 0 Å². The number of nitrogens with zero attached hydrogens (tertiary/aromatic N) is 2. The van der Waals surface area contributed by atoms with Gasteiger partial charge < -0.3 is 4.42 Å². The van der Waals surface area contributed by atoms with Gasteiger partial charge >= 0.3 is 0 Å². The molecule has 0 radical (unpaired) electrons. The molecule has 1 aliphatic rings. The van der Waals surface area contributed by atoms with Gasteiger partial charge in [0.25, 0.3) is 11.6 Å². The number of anilines is 1. The molecule has 6 nitrogen and oxygen atoms in total. The van der Waals surface area contributed by atoms with E-state index in [1.807, 2.05) is 24.3 Å². The molecule has 2 aromatic carbocycles. The number of amides is 1. The van der Waals surface area contributed by atoms with Gasteiger partial charge in [0, 0.05) is 23.8 Å². The fourth-order valence-corrected chi connectivity index (χ4v) is 4.31. The van der Waals surface area contributed by atoms with E-state index in [4.69, 9.17) is 16.6 Å². The van der Waals surface area contributed by atoms with E-state index in [2.05, 4.69) is 6.92 Å². The van der Waals surface area contributed by atoms with Crippen molar-refractivity contribution in [1.82, 2.24) is 0 Å². The SMILES string of the molecule is CCc1ccc(N2C(=O)/C(=C\c3ccc(-c4ccc([N+](=O)[O-])cc4)o3)SC2=S)cc1. The van der Waals surface area contributed by atoms with Crippen LogP contribution < -0.4 is 4.90 Å². The molecule has 1 amide bonds. The lowest BCUT2D eigenvalue weighted by Crippen LogP contribution is -2.27. The molecular formula is C22H16N2O4S2. The average molecular weight is 437 g/mol. The molecule has 0 atom stereocenters. The normalized spacial score (nSPS) is 15.2. The molecule has 0 spiro atoms. The summed E-state index contributed by atoms with van der Waals surface area (Å²) in [7, 11) is 0. The molecule has 0 saturated carbocycles. The topological polar surface area (TPSA) is 76.6 Å². The smallest absolute Gasteiger partial charge is 0.270 e. The van der Waals surface area contributed by atoms with Gasteiger partial charge in [0.1, 0.15) is 11.5 Å². The lowest BCUT2D eigenvalue weighted by Gasteiger charge is -2.14. The molecule has 0 unspecified atom stereocenters. The third kappa shape index (κ3) is 3.92. The molecule has 2 heterocycles. The summed E-state index contributed by atoms with van der Waals surface area (Å²) in [5, 5.41) is 10.8. The maximum Gasteiger partial charge on any atom is 0.270 e. The summed E-state index contributed by atoms with van der Waals surface area (Å²) in [6, 6.07) is 17.4. The van der Waals surface area contributed by atoms with Crippen LogP contribution in [0, 0.1) is 10.1 Å². The minimum absolute atomic E-state index is 0.0150. The number of hydrogen-bond acceptors (Lipinski definition) is 6. The van der Waals surface area contributed by atoms with E-state index in [0.717, 1.165) is 12.1 Å². The molecule has 0 bridgehead atoms. The first-order valence-electron chi connectivity index (χ1n) is 9.18. The zero-order chi connectivity index (χ0) is 21.3. The van der Waals surface area contributed by atoms with Crippen LogP contribution in [-0.2, 0) is 11.2 Å². The predicted molar refractivity (Wildman–Crippen MR) is 122 cm³/mol. The highest BCUT2D eigenvalue weighted by Gasteiger charge is 2.33. The number of non-ortho nitro benzene ring substituents is 1. The van der Waals surface area contributed by atoms with Crippen LogP contribution in [-0.4, -0.2) is 15.2 Å². The first-order chi connectivity index (χ1) is 14.5. The van der Waals surface area contributed by atoms with Gasteiger partial charge in [-0.3, -0.25) is 19.8 Å². The van der Waals surface area contributed by atoms with Crippen LogP contribution in [0.4, 0.5) is 11.4 Å². The van der Waals surface area contributed by atoms with Crippen LogP contribution >= 0.6 is 24.0 Å². The molecule has 30 heavy (non-hydrogen) atoms. The Kier molecular flexibility index (Phi) is 5.52. The Morgan fingerprint density at radius 3 is 2.43 bits per heavy atom. The number of thiocarbonyl (C=S) groups is 1. The number of hydrogen-bond donors (Lipinski definition) is 0. The van der Waals surface area contributed by atoms with Crippen molar-refractivity contribution >= 4 is 51.7 Å². The van der Waals surface area contributed by atoms with Gasteiger partial charge in [-0.15, -0.1) is 0 Å². The zero-order valence-electron chi connectivity index (χ0n) is 15.9. The second-order valence-corrected chi connectivity index (χ2v) is 8.22. The Labute approximate surface area is 182 Å². The number of nitro groups is 1. The van der Waals surface area contributed by atoms with Crippen LogP contribution in [0.2, 0.25) is 0 Å². The monoisotopic (exact) mass is 436 g/mol. The number of furan rings is 1. The predicted octanol–water partition coefficient (Wildman–Crippen LogP) is 5.82. The van der Waals surface area contributed by atoms with Crippen LogP contribution in [0.25, 0.3) is 17.4 Å². The van der Waals surface area contributed by atoms with E-state index in [-0.39, 0.29) is 11.6 Å². The standard InChI is InChI=1S/C22H16N2O4S2/c1-2-14-3-7-16(8-4-14)23-21(25)20(30-22(23)29)13-18-11-12-19(28-18)15-5-9-17(10-6-15)24(26)27/h3-13H,2H2,1H3/b20-13+. The third-order valence-electron chi connectivity index (χ3n) is 4.66. The van der Waals surface area contributed by atoms with Crippen molar-refractivity contribution in [2.75, 3.05) is 4.90 Å². The highest BCUT2D eigenvalue weighted by atomic mass is 32.2. The number of carbonyl (C=O) groups excluding carboxylic acids is 1. The van der Waals surface area contributed by atoms with E-state index >= 15 is 0 Å². The summed E-state index contributed by atoms with van der Waals surface area (Å²) in [5.74, 6) is 0.870. The number of thioether (sulfide) groups is 1. The molecular weight excluding hydrogens is 420 g/mol. The Morgan fingerprint density at radius 1 is 1.10 bits per heavy atom. The number of nitro benzene ring substituents is 1. The van der Waals surface area contributed by atoms with Crippen LogP contribution in [0.5, 0.6) is 0 Å². The maximum absolute atomic E-state index is 12.9. The third-order valence-corrected chi connectivity index (χ3v) is 5.96. The van der Waals surface area contributed by atoms with Crippen LogP contribution in [0.15, 0.2) is 70.0 Å². The van der Waals surface area contributed by atoms with Gasteiger partial charge in [0.2, 0.25) is 0 Å². The average Bonchev–Trinajstić information content (AvgIpc) is 3.33. The summed E-state index contributed by atoms with van der Waals surface area (Å²) >= 11 is 6.64. The summed E-state index contributed by atoms with van der Waals surface area (Å²) in [6.45, 7) is 2.08. The van der Waals surface area contributed by atoms with Crippen molar-refractivity contribution in [3.05, 3.63) is 87.0 Å². The van der Waals surface area contributed by atoms with E-state index in [0.29, 0.717) is 26.3 Å². The van der Waals surface area contributed by atoms with E-state index < -0.39 is 4.92 Å². The molecule has 1 fully saturated rings. The number of rotatable bonds is 5. The molecule has 8 heteroatoms. The van der Waals surface area contributed by atoms with Crippen molar-refractivity contribution in [3.63, 3.8) is 0 Å². The largest absolute Gasteiger partial charge is 0.457 e. The van der Waals surface area contributed by atoms with Crippen molar-refractivity contribution in [1.29, 1.82) is 0 Å². The summed E-state index contributed by atoms with van der Waals surface area (Å²) < 4.78 is 6.28. The molecule has 150 valence electrons. The second-order valence-electron chi connectivity index (χ2n) is 6.54. The Balaban J connectivity index is 1.56. The van der Waals surface area contributed by atoms with E-state index in [9.17, 15) is 14.9 Å². The van der Waals surface area contributed by atoms with Crippen molar-refractivity contribution < 1.29 is 14.1 Å². The molecule has 0 aliphatic carbocycles. The highest BCUT2D eigenvalue weighted by molar-refractivity contribution is 8.27. The minimum Gasteiger partial charge on any atom is -0.457 e. The van der Waals surface area contributed by atoms with Crippen molar-refractivity contribution in [2.45, 2.75) is 13.3 Å². The zero-order valence-corrected chi connectivity index (χ0v) is 17.5. The summed E-state index contributed by atoms with van der Waals surface area (Å²) in [4.78, 5) is 25.2. The molecule has 1 aliphatic heterocycles. The van der Waals surface area contributed by atoms with Gasteiger partial charge in [-0.25, -0.2) is 0 Å². The summed E-state index contributed by atoms with van der Waals surface area (Å²) in [5.41, 5.74) is 2.66. The summed E-state index contributed by atoms with van der Waals surface area (Å²) in [6.07, 6.45) is 2.59. The molecule has 1 aromatic heterocycles. The van der Waals surface area contributed by atoms with E-state index in [1.54, 1.807) is 30.3 Å². The Hall–Kier alpha value is -3.23. The molecule has 4 rings (SSSR count). The Morgan fingerprint density at radius 2 is 1.80 bits per heavy atom. The fourth-order valence-electron chi connectivity index (χ4n) is 3.03. The van der Waals surface area contributed by atoms with Gasteiger partial charge in [0.15, 0.2) is 4.32 Å². The van der Waals surface area contributed by atoms with Crippen molar-refractivity contribution in [2.24, 2.45) is 0 Å². The Bertz CT molecular complexity index is 1160. The van der Waals surface area contributed by atoms with Gasteiger partial charge in [0.05, 0.1) is 15.5 Å². The van der Waals surface area contributed by atoms with Gasteiger partial charge in [-0.1, -0.05) is 43.0 Å². The molecule has 1 saturated heterocycles. The van der Waals surface area contributed by atoms with Crippen LogP contribution in [0.1, 0.15) is 18.2 Å². The molecule has 0 N–H and O–H groups in total. The minimum atomic E-state index is -0.449. The number of carbonyl (C=O) groups is 1. The lowest BCUT2D eigenvalue weighted by atomic mass is 10.1. The fraction of sp³-hybridized carbons (Fsp3) is 0.0909. The van der Waals surface area contributed by atoms with Gasteiger partial charge in [-0.2, -0.15) is 0 Å². The highest BCUT2D eigenvalue weighted by Crippen LogP contribution is 2.36.